The lowest BCUT2D eigenvalue weighted by atomic mass is 9.44. The van der Waals surface area contributed by atoms with E-state index < -0.39 is 0 Å². The minimum Gasteiger partial charge on any atom is -0.365 e. The van der Waals surface area contributed by atoms with Gasteiger partial charge in [0.25, 0.3) is 0 Å². The average Bonchev–Trinajstić information content (AvgIpc) is 3.18. The lowest BCUT2D eigenvalue weighted by molar-refractivity contribution is -0.153. The Morgan fingerprint density at radius 1 is 1.12 bits per heavy atom. The molecule has 0 aromatic heterocycles. The molecule has 1 saturated heterocycles. The van der Waals surface area contributed by atoms with E-state index >= 15 is 0 Å². The lowest BCUT2D eigenvalue weighted by Crippen LogP contribution is -2.58. The minimum absolute atomic E-state index is 0.0122. The summed E-state index contributed by atoms with van der Waals surface area (Å²) in [6.07, 6.45) is 8.69. The summed E-state index contributed by atoms with van der Waals surface area (Å²) in [6, 6.07) is 0. The van der Waals surface area contributed by atoms with E-state index in [4.69, 9.17) is 4.74 Å². The van der Waals surface area contributed by atoms with E-state index in [9.17, 15) is 9.59 Å². The SMILES string of the molecule is CC(=O)[C@H]1C[C@@H]2O[C@@]23[C@@H]2CC[C@@H]4CC(=O)CC[C@]4(C)[C@H]2CC[C@]13C. The van der Waals surface area contributed by atoms with Crippen molar-refractivity contribution in [1.29, 1.82) is 0 Å². The molecule has 0 bridgehead atoms. The molecule has 0 unspecified atom stereocenters. The summed E-state index contributed by atoms with van der Waals surface area (Å²) in [6.45, 7) is 6.60. The molecular weight excluding hydrogens is 300 g/mol. The van der Waals surface area contributed by atoms with Gasteiger partial charge >= 0.3 is 0 Å². The van der Waals surface area contributed by atoms with E-state index in [0.717, 1.165) is 32.1 Å². The number of fused-ring (bicyclic) bond motifs is 3. The first-order valence-electron chi connectivity index (χ1n) is 10.0. The van der Waals surface area contributed by atoms with Gasteiger partial charge in [0.15, 0.2) is 0 Å². The molecule has 3 nitrogen and oxygen atoms in total. The van der Waals surface area contributed by atoms with Crippen molar-refractivity contribution in [3.63, 3.8) is 0 Å². The number of epoxide rings is 1. The van der Waals surface area contributed by atoms with Crippen molar-refractivity contribution in [3.05, 3.63) is 0 Å². The molecule has 5 rings (SSSR count). The summed E-state index contributed by atoms with van der Waals surface area (Å²) >= 11 is 0. The fraction of sp³-hybridized carbons (Fsp3) is 0.905. The molecule has 1 heterocycles. The number of rotatable bonds is 1. The number of Topliss-reactive ketones (excluding diaryl/α,β-unsaturated/α-hetero) is 2. The van der Waals surface area contributed by atoms with Crippen molar-refractivity contribution in [3.8, 4) is 0 Å². The normalized spacial score (nSPS) is 58.3. The number of hydrogen-bond acceptors (Lipinski definition) is 3. The Balaban J connectivity index is 1.51. The third-order valence-corrected chi connectivity index (χ3v) is 9.39. The zero-order valence-corrected chi connectivity index (χ0v) is 15.3. The molecule has 4 aliphatic carbocycles. The zero-order chi connectivity index (χ0) is 16.9. The quantitative estimate of drug-likeness (QED) is 0.684. The van der Waals surface area contributed by atoms with Gasteiger partial charge in [0.05, 0.1) is 6.10 Å². The molecule has 1 aliphatic heterocycles. The number of carbonyl (C=O) groups is 2. The van der Waals surface area contributed by atoms with Crippen LogP contribution < -0.4 is 0 Å². The number of ketones is 2. The monoisotopic (exact) mass is 330 g/mol. The molecule has 4 saturated carbocycles. The topological polar surface area (TPSA) is 46.7 Å². The van der Waals surface area contributed by atoms with E-state index in [-0.39, 0.29) is 16.9 Å². The van der Waals surface area contributed by atoms with Gasteiger partial charge in [-0.1, -0.05) is 13.8 Å². The molecule has 8 atom stereocenters. The van der Waals surface area contributed by atoms with Crippen molar-refractivity contribution in [2.45, 2.75) is 83.8 Å². The zero-order valence-electron chi connectivity index (χ0n) is 15.3. The van der Waals surface area contributed by atoms with Crippen molar-refractivity contribution >= 4 is 11.6 Å². The number of hydrogen-bond donors (Lipinski definition) is 0. The van der Waals surface area contributed by atoms with Crippen LogP contribution in [-0.2, 0) is 14.3 Å². The number of carbonyl (C=O) groups excluding carboxylic acids is 2. The van der Waals surface area contributed by atoms with Crippen molar-refractivity contribution in [2.75, 3.05) is 0 Å². The Labute approximate surface area is 144 Å². The molecule has 3 heteroatoms. The molecular formula is C21H30O3. The van der Waals surface area contributed by atoms with E-state index in [0.29, 0.717) is 40.8 Å². The Morgan fingerprint density at radius 3 is 2.67 bits per heavy atom. The molecule has 0 amide bonds. The Kier molecular flexibility index (Phi) is 2.93. The van der Waals surface area contributed by atoms with Gasteiger partial charge in [-0.05, 0) is 68.6 Å². The maximum atomic E-state index is 12.3. The Bertz CT molecular complexity index is 627. The van der Waals surface area contributed by atoms with Crippen LogP contribution in [0.3, 0.4) is 0 Å². The Morgan fingerprint density at radius 2 is 1.92 bits per heavy atom. The maximum absolute atomic E-state index is 12.3. The molecule has 24 heavy (non-hydrogen) atoms. The summed E-state index contributed by atoms with van der Waals surface area (Å²) in [5, 5.41) is 0. The molecule has 1 spiro atoms. The molecule has 5 aliphatic rings. The standard InChI is InChI=1S/C21H30O3/c1-12(22)17-11-18-21(24-18)16-5-4-13-10-14(23)6-8-19(13,2)15(16)7-9-20(17,21)3/h13,15-18H,4-11H2,1-3H3/t13-,15+,16-,17-,18+,19+,20-,21+/m1/s1. The largest absolute Gasteiger partial charge is 0.365 e. The highest BCUT2D eigenvalue weighted by molar-refractivity contribution is 5.81. The maximum Gasteiger partial charge on any atom is 0.133 e. The van der Waals surface area contributed by atoms with Crippen LogP contribution in [0.1, 0.15) is 72.1 Å². The van der Waals surface area contributed by atoms with E-state index in [1.54, 1.807) is 6.92 Å². The van der Waals surface area contributed by atoms with Crippen LogP contribution in [0.2, 0.25) is 0 Å². The highest BCUT2D eigenvalue weighted by atomic mass is 16.6. The highest BCUT2D eigenvalue weighted by Gasteiger charge is 2.80. The van der Waals surface area contributed by atoms with Crippen LogP contribution in [0.4, 0.5) is 0 Å². The van der Waals surface area contributed by atoms with Crippen LogP contribution in [-0.4, -0.2) is 23.3 Å². The van der Waals surface area contributed by atoms with Gasteiger partial charge in [-0.3, -0.25) is 9.59 Å². The second-order valence-electron chi connectivity index (χ2n) is 9.99. The smallest absolute Gasteiger partial charge is 0.133 e. The van der Waals surface area contributed by atoms with Gasteiger partial charge < -0.3 is 4.74 Å². The van der Waals surface area contributed by atoms with Crippen LogP contribution in [0.15, 0.2) is 0 Å². The van der Waals surface area contributed by atoms with Crippen LogP contribution in [0, 0.1) is 34.5 Å². The van der Waals surface area contributed by atoms with Crippen LogP contribution in [0.5, 0.6) is 0 Å². The third-order valence-electron chi connectivity index (χ3n) is 9.39. The van der Waals surface area contributed by atoms with Gasteiger partial charge in [-0.15, -0.1) is 0 Å². The fourth-order valence-corrected chi connectivity index (χ4v) is 8.09. The number of ether oxygens (including phenoxy) is 1. The lowest BCUT2D eigenvalue weighted by Gasteiger charge is -2.60. The van der Waals surface area contributed by atoms with E-state index in [1.165, 1.54) is 19.3 Å². The predicted molar refractivity (Wildman–Crippen MR) is 90.4 cm³/mol. The first-order valence-corrected chi connectivity index (χ1v) is 10.0. The fourth-order valence-electron chi connectivity index (χ4n) is 8.09. The molecule has 0 aromatic carbocycles. The van der Waals surface area contributed by atoms with Crippen LogP contribution >= 0.6 is 0 Å². The molecule has 0 N–H and O–H groups in total. The average molecular weight is 330 g/mol. The van der Waals surface area contributed by atoms with Crippen molar-refractivity contribution in [2.24, 2.45) is 34.5 Å². The predicted octanol–water partition coefficient (Wildman–Crippen LogP) is 3.93. The molecule has 0 radical (unpaired) electrons. The van der Waals surface area contributed by atoms with Crippen molar-refractivity contribution < 1.29 is 14.3 Å². The summed E-state index contributed by atoms with van der Waals surface area (Å²) in [5.41, 5.74) is 0.359. The second kappa shape index (κ2) is 4.52. The summed E-state index contributed by atoms with van der Waals surface area (Å²) in [4.78, 5) is 24.2. The van der Waals surface area contributed by atoms with Gasteiger partial charge in [0.1, 0.15) is 17.2 Å². The highest BCUT2D eigenvalue weighted by Crippen LogP contribution is 2.76. The summed E-state index contributed by atoms with van der Waals surface area (Å²) in [5.74, 6) is 2.94. The third kappa shape index (κ3) is 1.59. The Hall–Kier alpha value is -0.700. The van der Waals surface area contributed by atoms with Gasteiger partial charge in [-0.25, -0.2) is 0 Å². The van der Waals surface area contributed by atoms with Gasteiger partial charge in [0.2, 0.25) is 0 Å². The van der Waals surface area contributed by atoms with Gasteiger partial charge in [0, 0.05) is 24.2 Å². The van der Waals surface area contributed by atoms with E-state index in [1.807, 2.05) is 0 Å². The molecule has 132 valence electrons. The first kappa shape index (κ1) is 15.5. The summed E-state index contributed by atoms with van der Waals surface area (Å²) < 4.78 is 6.42. The van der Waals surface area contributed by atoms with Crippen molar-refractivity contribution in [1.82, 2.24) is 0 Å². The minimum atomic E-state index is -0.0122. The molecule has 0 aromatic rings. The first-order chi connectivity index (χ1) is 11.3. The van der Waals surface area contributed by atoms with Gasteiger partial charge in [-0.2, -0.15) is 0 Å². The van der Waals surface area contributed by atoms with E-state index in [2.05, 4.69) is 13.8 Å². The van der Waals surface area contributed by atoms with Crippen LogP contribution in [0.25, 0.3) is 0 Å². The second-order valence-corrected chi connectivity index (χ2v) is 9.99. The summed E-state index contributed by atoms with van der Waals surface area (Å²) in [7, 11) is 0. The molecule has 5 fully saturated rings.